The average molecular weight is 924 g/mol. The number of pyridine rings is 6. The Kier molecular flexibility index (Phi) is 16.0. The quantitative estimate of drug-likeness (QED) is 0.0521. The van der Waals surface area contributed by atoms with E-state index in [4.69, 9.17) is 0 Å². The molecular formula is C63H69N7+6. The van der Waals surface area contributed by atoms with Crippen LogP contribution in [-0.4, -0.2) is 0 Å². The number of anilines is 3. The fourth-order valence-corrected chi connectivity index (χ4v) is 9.06. The van der Waals surface area contributed by atoms with E-state index in [1.54, 1.807) is 0 Å². The molecule has 0 aliphatic rings. The van der Waals surface area contributed by atoms with Crippen LogP contribution in [0.5, 0.6) is 0 Å². The predicted molar refractivity (Wildman–Crippen MR) is 280 cm³/mol. The van der Waals surface area contributed by atoms with E-state index in [1.165, 1.54) is 50.1 Å². The van der Waals surface area contributed by atoms with Gasteiger partial charge in [-0.15, -0.1) is 0 Å². The maximum Gasteiger partial charge on any atom is 0.169 e. The van der Waals surface area contributed by atoms with Crippen molar-refractivity contribution < 1.29 is 27.4 Å². The van der Waals surface area contributed by atoms with Crippen LogP contribution >= 0.6 is 0 Å². The molecule has 6 aromatic heterocycles. The first-order valence-corrected chi connectivity index (χ1v) is 25.3. The minimum atomic E-state index is 1.01. The minimum absolute atomic E-state index is 1.01. The highest BCUT2D eigenvalue weighted by molar-refractivity contribution is 5.80. The Balaban J connectivity index is 0.869. The lowest BCUT2D eigenvalue weighted by Gasteiger charge is -2.26. The predicted octanol–water partition coefficient (Wildman–Crippen LogP) is 11.2. The van der Waals surface area contributed by atoms with Gasteiger partial charge in [0.05, 0.1) is 0 Å². The van der Waals surface area contributed by atoms with Gasteiger partial charge < -0.3 is 4.90 Å². The number of hydrogen-bond donors (Lipinski definition) is 0. The second-order valence-corrected chi connectivity index (χ2v) is 18.9. The summed E-state index contributed by atoms with van der Waals surface area (Å²) in [6.45, 7) is 12.6. The number of rotatable bonds is 21. The number of unbranched alkanes of at least 4 members (excludes halogenated alkanes) is 3. The molecular weight excluding hydrogens is 855 g/mol. The van der Waals surface area contributed by atoms with Crippen LogP contribution in [0.4, 0.5) is 17.1 Å². The van der Waals surface area contributed by atoms with Gasteiger partial charge in [-0.3, -0.25) is 0 Å². The van der Waals surface area contributed by atoms with Crippen LogP contribution in [0.2, 0.25) is 0 Å². The summed E-state index contributed by atoms with van der Waals surface area (Å²) in [5, 5.41) is 0. The van der Waals surface area contributed by atoms with Gasteiger partial charge in [-0.25, -0.2) is 27.4 Å². The highest BCUT2D eigenvalue weighted by Crippen LogP contribution is 2.37. The lowest BCUT2D eigenvalue weighted by molar-refractivity contribution is -0.708. The molecule has 70 heavy (non-hydrogen) atoms. The van der Waals surface area contributed by atoms with E-state index in [0.717, 1.165) is 94.9 Å². The summed E-state index contributed by atoms with van der Waals surface area (Å²) in [7, 11) is 0. The molecule has 9 aromatic rings. The van der Waals surface area contributed by atoms with Gasteiger partial charge in [-0.2, -0.15) is 0 Å². The highest BCUT2D eigenvalue weighted by Gasteiger charge is 2.16. The van der Waals surface area contributed by atoms with Crippen LogP contribution in [0, 0.1) is 20.8 Å². The molecule has 0 spiro atoms. The second kappa shape index (κ2) is 23.6. The molecule has 0 fully saturated rings. The standard InChI is InChI=1S/C63H69N7/c1-52-22-40-64(41-23-52)34-4-7-37-67-46-28-58(29-47-67)55-10-16-61(17-11-55)70(62-18-12-56(13-19-62)59-30-48-68(49-31-59)38-8-5-35-65-42-24-53(2)25-43-65)63-20-14-57(15-21-63)60-32-50-69(51-33-60)39-9-6-36-66-44-26-54(3)27-45-66/h10-33,40-51H,4-9,34-39H2,1-3H3/q+6. The first kappa shape index (κ1) is 47.4. The minimum Gasteiger partial charge on any atom is -0.311 e. The Hall–Kier alpha value is -7.64. The highest BCUT2D eigenvalue weighted by atomic mass is 15.1. The average Bonchev–Trinajstić information content (AvgIpc) is 3.41. The van der Waals surface area contributed by atoms with Gasteiger partial charge in [0.2, 0.25) is 0 Å². The maximum atomic E-state index is 2.37. The van der Waals surface area contributed by atoms with E-state index >= 15 is 0 Å². The lowest BCUT2D eigenvalue weighted by Crippen LogP contribution is -2.35. The first-order chi connectivity index (χ1) is 34.4. The molecule has 0 aliphatic heterocycles. The smallest absolute Gasteiger partial charge is 0.169 e. The van der Waals surface area contributed by atoms with Gasteiger partial charge in [0.15, 0.2) is 74.4 Å². The van der Waals surface area contributed by atoms with Crippen molar-refractivity contribution in [3.05, 3.63) is 237 Å². The molecule has 3 aromatic carbocycles. The van der Waals surface area contributed by atoms with E-state index < -0.39 is 0 Å². The number of hydrogen-bond acceptors (Lipinski definition) is 1. The molecule has 6 heterocycles. The Morgan fingerprint density at radius 2 is 0.400 bits per heavy atom. The van der Waals surface area contributed by atoms with Gasteiger partial charge in [0.1, 0.15) is 39.3 Å². The number of benzene rings is 3. The van der Waals surface area contributed by atoms with Gasteiger partial charge in [0.25, 0.3) is 0 Å². The van der Waals surface area contributed by atoms with Crippen molar-refractivity contribution in [2.24, 2.45) is 0 Å². The van der Waals surface area contributed by atoms with E-state index in [2.05, 4.69) is 273 Å². The fourth-order valence-electron chi connectivity index (χ4n) is 9.06. The van der Waals surface area contributed by atoms with Crippen molar-refractivity contribution in [3.8, 4) is 33.4 Å². The lowest BCUT2D eigenvalue weighted by atomic mass is 10.0. The zero-order valence-corrected chi connectivity index (χ0v) is 41.4. The van der Waals surface area contributed by atoms with E-state index in [1.807, 2.05) is 0 Å². The zero-order chi connectivity index (χ0) is 47.9. The van der Waals surface area contributed by atoms with Crippen LogP contribution in [0.3, 0.4) is 0 Å². The Bertz CT molecular complexity index is 2650. The summed E-state index contributed by atoms with van der Waals surface area (Å²) < 4.78 is 13.7. The summed E-state index contributed by atoms with van der Waals surface area (Å²) >= 11 is 0. The summed E-state index contributed by atoms with van der Waals surface area (Å²) in [6, 6.07) is 53.6. The third-order valence-corrected chi connectivity index (χ3v) is 13.5. The van der Waals surface area contributed by atoms with Crippen LogP contribution < -0.4 is 32.3 Å². The molecule has 0 amide bonds. The molecule has 0 radical (unpaired) electrons. The maximum absolute atomic E-state index is 2.37. The van der Waals surface area contributed by atoms with E-state index in [0.29, 0.717) is 0 Å². The number of aryl methyl sites for hydroxylation is 9. The topological polar surface area (TPSA) is 26.5 Å². The zero-order valence-electron chi connectivity index (χ0n) is 41.4. The van der Waals surface area contributed by atoms with Gasteiger partial charge >= 0.3 is 0 Å². The Morgan fingerprint density at radius 3 is 0.600 bits per heavy atom. The molecule has 9 rings (SSSR count). The van der Waals surface area contributed by atoms with Crippen LogP contribution in [0.15, 0.2) is 220 Å². The van der Waals surface area contributed by atoms with Crippen molar-refractivity contribution in [2.45, 2.75) is 98.6 Å². The molecule has 0 saturated carbocycles. The van der Waals surface area contributed by atoms with Crippen molar-refractivity contribution in [1.29, 1.82) is 0 Å². The molecule has 7 heteroatoms. The number of aromatic nitrogens is 6. The summed E-state index contributed by atoms with van der Waals surface area (Å²) in [4.78, 5) is 2.37. The molecule has 0 N–H and O–H groups in total. The molecule has 7 nitrogen and oxygen atoms in total. The summed E-state index contributed by atoms with van der Waals surface area (Å²) in [5.41, 5.74) is 14.5. The van der Waals surface area contributed by atoms with Crippen LogP contribution in [0.1, 0.15) is 55.2 Å². The third kappa shape index (κ3) is 13.1. The first-order valence-electron chi connectivity index (χ1n) is 25.3. The molecule has 0 bridgehead atoms. The molecule has 350 valence electrons. The van der Waals surface area contributed by atoms with E-state index in [-0.39, 0.29) is 0 Å². The number of nitrogens with zero attached hydrogens (tertiary/aromatic N) is 7. The second-order valence-electron chi connectivity index (χ2n) is 18.9. The molecule has 0 aliphatic carbocycles. The SMILES string of the molecule is Cc1cc[n+](CCCC[n+]2ccc(-c3ccc(N(c4ccc(-c5cc[n+](CCCC[n+]6ccc(C)cc6)cc5)cc4)c4ccc(-c5cc[n+](CCCC[n+]6ccc(C)cc6)cc5)cc4)cc3)cc2)cc1. The van der Waals surface area contributed by atoms with Crippen molar-refractivity contribution in [3.63, 3.8) is 0 Å². The third-order valence-electron chi connectivity index (χ3n) is 13.5. The van der Waals surface area contributed by atoms with Crippen LogP contribution in [0.25, 0.3) is 33.4 Å². The molecule has 0 atom stereocenters. The largest absolute Gasteiger partial charge is 0.311 e. The molecule has 0 unspecified atom stereocenters. The van der Waals surface area contributed by atoms with Gasteiger partial charge in [0, 0.05) is 128 Å². The van der Waals surface area contributed by atoms with Gasteiger partial charge in [-0.05, 0) is 107 Å². The Labute approximate surface area is 416 Å². The summed E-state index contributed by atoms with van der Waals surface area (Å²) in [6.07, 6.45) is 33.2. The van der Waals surface area contributed by atoms with Gasteiger partial charge in [-0.1, -0.05) is 36.4 Å². The Morgan fingerprint density at radius 1 is 0.229 bits per heavy atom. The van der Waals surface area contributed by atoms with Crippen molar-refractivity contribution in [2.75, 3.05) is 4.90 Å². The van der Waals surface area contributed by atoms with Crippen molar-refractivity contribution >= 4 is 17.1 Å². The van der Waals surface area contributed by atoms with Crippen molar-refractivity contribution in [1.82, 2.24) is 0 Å². The van der Waals surface area contributed by atoms with Crippen LogP contribution in [-0.2, 0) is 39.3 Å². The normalized spacial score (nSPS) is 11.2. The fraction of sp³-hybridized carbons (Fsp3) is 0.238. The molecule has 0 saturated heterocycles. The summed E-state index contributed by atoms with van der Waals surface area (Å²) in [5.74, 6) is 0. The monoisotopic (exact) mass is 924 g/mol. The van der Waals surface area contributed by atoms with E-state index in [9.17, 15) is 0 Å².